The predicted molar refractivity (Wildman–Crippen MR) is 81.4 cm³/mol. The Morgan fingerprint density at radius 1 is 1.35 bits per heavy atom. The molecule has 6 nitrogen and oxygen atoms in total. The molecule has 0 aliphatic rings. The van der Waals surface area contributed by atoms with Gasteiger partial charge in [-0.3, -0.25) is 0 Å². The van der Waals surface area contributed by atoms with E-state index in [-0.39, 0.29) is 4.90 Å². The highest BCUT2D eigenvalue weighted by molar-refractivity contribution is 9.10. The highest BCUT2D eigenvalue weighted by Gasteiger charge is 2.21. The third-order valence-electron chi connectivity index (χ3n) is 2.97. The van der Waals surface area contributed by atoms with Crippen LogP contribution in [0.15, 0.2) is 27.6 Å². The van der Waals surface area contributed by atoms with E-state index >= 15 is 0 Å². The van der Waals surface area contributed by atoms with Crippen molar-refractivity contribution < 1.29 is 8.42 Å². The van der Waals surface area contributed by atoms with Crippen molar-refractivity contribution in [2.24, 2.45) is 0 Å². The predicted octanol–water partition coefficient (Wildman–Crippen LogP) is 1.74. The molecule has 0 aliphatic heterocycles. The van der Waals surface area contributed by atoms with Crippen LogP contribution in [0.2, 0.25) is 0 Å². The number of nitrogens with one attached hydrogen (secondary N) is 1. The van der Waals surface area contributed by atoms with Crippen molar-refractivity contribution in [1.29, 1.82) is 0 Å². The lowest BCUT2D eigenvalue weighted by molar-refractivity contribution is 0.587. The van der Waals surface area contributed by atoms with Crippen molar-refractivity contribution in [2.75, 3.05) is 12.8 Å². The molecule has 0 unspecified atom stereocenters. The zero-order chi connectivity index (χ0) is 15.1. The van der Waals surface area contributed by atoms with Gasteiger partial charge in [-0.2, -0.15) is 5.10 Å². The summed E-state index contributed by atoms with van der Waals surface area (Å²) in [5.41, 5.74) is 8.14. The molecule has 1 aromatic heterocycles. The third kappa shape index (κ3) is 2.46. The van der Waals surface area contributed by atoms with Crippen molar-refractivity contribution in [1.82, 2.24) is 14.5 Å². The number of aryl methyl sites for hydroxylation is 1. The summed E-state index contributed by atoms with van der Waals surface area (Å²) in [5, 5.41) is 4.35. The second-order valence-corrected chi connectivity index (χ2v) is 6.98. The van der Waals surface area contributed by atoms with E-state index in [1.165, 1.54) is 13.1 Å². The van der Waals surface area contributed by atoms with Gasteiger partial charge in [0.15, 0.2) is 0 Å². The van der Waals surface area contributed by atoms with Crippen molar-refractivity contribution in [3.63, 3.8) is 0 Å². The van der Waals surface area contributed by atoms with E-state index in [0.717, 1.165) is 15.9 Å². The van der Waals surface area contributed by atoms with Gasteiger partial charge >= 0.3 is 0 Å². The average Bonchev–Trinajstić information content (AvgIpc) is 2.66. The maximum atomic E-state index is 12.1. The molecule has 0 atom stereocenters. The zero-order valence-electron chi connectivity index (χ0n) is 11.3. The van der Waals surface area contributed by atoms with E-state index < -0.39 is 10.0 Å². The van der Waals surface area contributed by atoms with Gasteiger partial charge in [-0.25, -0.2) is 17.8 Å². The standard InChI is InChI=1S/C12H15BrN4O2S/c1-7-12(13)8(2)17(16-7)10-5-4-9(14)6-11(10)20(18,19)15-3/h4-6,15H,14H2,1-3H3. The number of nitrogen functional groups attached to an aromatic ring is 1. The minimum atomic E-state index is -3.63. The topological polar surface area (TPSA) is 90.0 Å². The number of aromatic nitrogens is 2. The second-order valence-electron chi connectivity index (χ2n) is 4.33. The van der Waals surface area contributed by atoms with Gasteiger partial charge < -0.3 is 5.73 Å². The van der Waals surface area contributed by atoms with Gasteiger partial charge in [0.25, 0.3) is 0 Å². The monoisotopic (exact) mass is 358 g/mol. The van der Waals surface area contributed by atoms with Gasteiger partial charge in [-0.15, -0.1) is 0 Å². The van der Waals surface area contributed by atoms with Crippen molar-refractivity contribution in [3.8, 4) is 5.69 Å². The summed E-state index contributed by atoms with van der Waals surface area (Å²) in [6, 6.07) is 4.71. The first-order chi connectivity index (χ1) is 9.27. The highest BCUT2D eigenvalue weighted by atomic mass is 79.9. The Labute approximate surface area is 126 Å². The lowest BCUT2D eigenvalue weighted by Gasteiger charge is -2.12. The molecule has 8 heteroatoms. The van der Waals surface area contributed by atoms with Crippen LogP contribution in [-0.4, -0.2) is 25.2 Å². The fraction of sp³-hybridized carbons (Fsp3) is 0.250. The zero-order valence-corrected chi connectivity index (χ0v) is 13.7. The van der Waals surface area contributed by atoms with Crippen molar-refractivity contribution in [2.45, 2.75) is 18.7 Å². The van der Waals surface area contributed by atoms with Gasteiger partial charge in [0, 0.05) is 5.69 Å². The third-order valence-corrected chi connectivity index (χ3v) is 5.56. The largest absolute Gasteiger partial charge is 0.399 e. The molecule has 0 amide bonds. The van der Waals surface area contributed by atoms with Crippen LogP contribution < -0.4 is 10.5 Å². The van der Waals surface area contributed by atoms with Crippen LogP contribution in [0.4, 0.5) is 5.69 Å². The maximum absolute atomic E-state index is 12.1. The fourth-order valence-corrected chi connectivity index (χ4v) is 3.08. The highest BCUT2D eigenvalue weighted by Crippen LogP contribution is 2.27. The number of anilines is 1. The lowest BCUT2D eigenvalue weighted by atomic mass is 10.3. The number of halogens is 1. The molecule has 20 heavy (non-hydrogen) atoms. The molecule has 0 fully saturated rings. The molecule has 108 valence electrons. The van der Waals surface area contributed by atoms with Crippen molar-refractivity contribution >= 4 is 31.6 Å². The average molecular weight is 359 g/mol. The van der Waals surface area contributed by atoms with Crippen LogP contribution in [-0.2, 0) is 10.0 Å². The summed E-state index contributed by atoms with van der Waals surface area (Å²) in [4.78, 5) is 0.0955. The van der Waals surface area contributed by atoms with E-state index in [1.54, 1.807) is 16.8 Å². The summed E-state index contributed by atoms with van der Waals surface area (Å²) in [7, 11) is -2.27. The Kier molecular flexibility index (Phi) is 3.90. The molecule has 2 rings (SSSR count). The number of hydrogen-bond acceptors (Lipinski definition) is 4. The quantitative estimate of drug-likeness (QED) is 0.817. The molecule has 1 heterocycles. The Morgan fingerprint density at radius 2 is 2.00 bits per heavy atom. The number of nitrogens with zero attached hydrogens (tertiary/aromatic N) is 2. The van der Waals surface area contributed by atoms with Crippen LogP contribution in [0.25, 0.3) is 5.69 Å². The summed E-state index contributed by atoms with van der Waals surface area (Å²) in [6.45, 7) is 3.70. The van der Waals surface area contributed by atoms with E-state index in [4.69, 9.17) is 5.73 Å². The first-order valence-corrected chi connectivity index (χ1v) is 8.10. The van der Waals surface area contributed by atoms with Crippen LogP contribution in [0.1, 0.15) is 11.4 Å². The second kappa shape index (κ2) is 5.19. The normalized spacial score (nSPS) is 11.8. The summed E-state index contributed by atoms with van der Waals surface area (Å²) < 4.78 is 29.0. The van der Waals surface area contributed by atoms with E-state index in [9.17, 15) is 8.42 Å². The van der Waals surface area contributed by atoms with Crippen LogP contribution in [0.3, 0.4) is 0 Å². The minimum Gasteiger partial charge on any atom is -0.399 e. The number of sulfonamides is 1. The lowest BCUT2D eigenvalue weighted by Crippen LogP contribution is -2.21. The molecule has 0 saturated heterocycles. The van der Waals surface area contributed by atoms with E-state index in [1.807, 2.05) is 13.8 Å². The molecule has 0 bridgehead atoms. The van der Waals surface area contributed by atoms with E-state index in [0.29, 0.717) is 11.4 Å². The Bertz CT molecular complexity index is 768. The minimum absolute atomic E-state index is 0.0955. The first kappa shape index (κ1) is 15.0. The molecule has 3 N–H and O–H groups in total. The van der Waals surface area contributed by atoms with Crippen LogP contribution >= 0.6 is 15.9 Å². The molecule has 2 aromatic rings. The SMILES string of the molecule is CNS(=O)(=O)c1cc(N)ccc1-n1nc(C)c(Br)c1C. The molecule has 0 radical (unpaired) electrons. The Balaban J connectivity index is 2.78. The molecule has 0 aliphatic carbocycles. The smallest absolute Gasteiger partial charge is 0.242 e. The Hall–Kier alpha value is -1.38. The summed E-state index contributed by atoms with van der Waals surface area (Å²) in [6.07, 6.45) is 0. The van der Waals surface area contributed by atoms with Gasteiger partial charge in [0.2, 0.25) is 10.0 Å². The molecular formula is C12H15BrN4O2S. The number of benzene rings is 1. The van der Waals surface area contributed by atoms with Crippen molar-refractivity contribution in [3.05, 3.63) is 34.1 Å². The molecule has 1 aromatic carbocycles. The van der Waals surface area contributed by atoms with Gasteiger partial charge in [-0.05, 0) is 55.0 Å². The van der Waals surface area contributed by atoms with E-state index in [2.05, 4.69) is 25.8 Å². The molecule has 0 saturated carbocycles. The van der Waals surface area contributed by atoms with Gasteiger partial charge in [0.1, 0.15) is 4.90 Å². The molecule has 0 spiro atoms. The fourth-order valence-electron chi connectivity index (χ4n) is 1.89. The first-order valence-electron chi connectivity index (χ1n) is 5.83. The summed E-state index contributed by atoms with van der Waals surface area (Å²) >= 11 is 3.43. The molecular weight excluding hydrogens is 344 g/mol. The van der Waals surface area contributed by atoms with Gasteiger partial charge in [-0.1, -0.05) is 0 Å². The van der Waals surface area contributed by atoms with Crippen LogP contribution in [0.5, 0.6) is 0 Å². The number of nitrogens with two attached hydrogens (primary N) is 1. The summed E-state index contributed by atoms with van der Waals surface area (Å²) in [5.74, 6) is 0. The van der Waals surface area contributed by atoms with Crippen LogP contribution in [0, 0.1) is 13.8 Å². The Morgan fingerprint density at radius 3 is 2.50 bits per heavy atom. The number of hydrogen-bond donors (Lipinski definition) is 2. The maximum Gasteiger partial charge on any atom is 0.242 e. The number of rotatable bonds is 3. The van der Waals surface area contributed by atoms with Gasteiger partial charge in [0.05, 0.1) is 21.5 Å².